The van der Waals surface area contributed by atoms with E-state index in [1.165, 1.54) is 12.5 Å². The van der Waals surface area contributed by atoms with E-state index in [-0.39, 0.29) is 19.0 Å². The van der Waals surface area contributed by atoms with Gasteiger partial charge in [-0.25, -0.2) is 14.8 Å². The second kappa shape index (κ2) is 8.03. The number of aliphatic carboxylic acids is 1. The molecule has 0 aliphatic rings. The van der Waals surface area contributed by atoms with Gasteiger partial charge in [0.05, 0.1) is 5.92 Å². The summed E-state index contributed by atoms with van der Waals surface area (Å²) in [5.74, 6) is -0.962. The van der Waals surface area contributed by atoms with Gasteiger partial charge in [-0.2, -0.15) is 0 Å². The molecule has 8 nitrogen and oxygen atoms in total. The van der Waals surface area contributed by atoms with Crippen molar-refractivity contribution in [3.63, 3.8) is 0 Å². The maximum Gasteiger partial charge on any atom is 0.315 e. The van der Waals surface area contributed by atoms with E-state index in [0.29, 0.717) is 17.8 Å². The predicted octanol–water partition coefficient (Wildman–Crippen LogP) is 0.605. The average Bonchev–Trinajstić information content (AvgIpc) is 2.41. The summed E-state index contributed by atoms with van der Waals surface area (Å²) in [6.45, 7) is 4.14. The molecule has 0 radical (unpaired) electrons. The van der Waals surface area contributed by atoms with Gasteiger partial charge in [0.15, 0.2) is 0 Å². The number of urea groups is 1. The summed E-state index contributed by atoms with van der Waals surface area (Å²) in [7, 11) is 0. The molecule has 1 aromatic heterocycles. The smallest absolute Gasteiger partial charge is 0.315 e. The number of nitrogens with two attached hydrogens (primary N) is 1. The summed E-state index contributed by atoms with van der Waals surface area (Å²) in [6.07, 6.45) is 3.35. The summed E-state index contributed by atoms with van der Waals surface area (Å²) in [6, 6.07) is -0.451. The van der Waals surface area contributed by atoms with Crippen LogP contribution < -0.4 is 16.4 Å². The van der Waals surface area contributed by atoms with E-state index in [1.807, 2.05) is 13.8 Å². The maximum absolute atomic E-state index is 11.6. The molecule has 1 unspecified atom stereocenters. The summed E-state index contributed by atoms with van der Waals surface area (Å²) in [4.78, 5) is 30.3. The van der Waals surface area contributed by atoms with Crippen molar-refractivity contribution in [2.45, 2.75) is 26.8 Å². The van der Waals surface area contributed by atoms with E-state index in [4.69, 9.17) is 10.8 Å². The Morgan fingerprint density at radius 1 is 1.38 bits per heavy atom. The molecule has 0 spiro atoms. The van der Waals surface area contributed by atoms with Crippen molar-refractivity contribution in [1.29, 1.82) is 0 Å². The molecule has 8 heteroatoms. The molecule has 0 aliphatic heterocycles. The fourth-order valence-electron chi connectivity index (χ4n) is 1.80. The molecule has 21 heavy (non-hydrogen) atoms. The number of nitrogen functional groups attached to an aromatic ring is 1. The fourth-order valence-corrected chi connectivity index (χ4v) is 1.80. The summed E-state index contributed by atoms with van der Waals surface area (Å²) in [5.41, 5.74) is 6.22. The number of rotatable bonds is 7. The van der Waals surface area contributed by atoms with Gasteiger partial charge >= 0.3 is 12.0 Å². The van der Waals surface area contributed by atoms with E-state index in [9.17, 15) is 9.59 Å². The molecule has 1 rings (SSSR count). The first-order chi connectivity index (χ1) is 9.90. The van der Waals surface area contributed by atoms with E-state index < -0.39 is 17.9 Å². The van der Waals surface area contributed by atoms with Crippen LogP contribution in [0.15, 0.2) is 12.5 Å². The molecule has 2 amide bonds. The molecule has 1 atom stereocenters. The van der Waals surface area contributed by atoms with Crippen LogP contribution in [0.25, 0.3) is 0 Å². The van der Waals surface area contributed by atoms with Crippen LogP contribution in [0.4, 0.5) is 10.6 Å². The van der Waals surface area contributed by atoms with Gasteiger partial charge < -0.3 is 21.5 Å². The quantitative estimate of drug-likeness (QED) is 0.583. The zero-order valence-electron chi connectivity index (χ0n) is 12.2. The fraction of sp³-hybridized carbons (Fsp3) is 0.538. The number of carboxylic acid groups (broad SMARTS) is 1. The minimum Gasteiger partial charge on any atom is -0.481 e. The van der Waals surface area contributed by atoms with Crippen LogP contribution in [0.2, 0.25) is 0 Å². The van der Waals surface area contributed by atoms with Gasteiger partial charge in [0, 0.05) is 24.8 Å². The van der Waals surface area contributed by atoms with Crippen LogP contribution >= 0.6 is 0 Å². The lowest BCUT2D eigenvalue weighted by molar-refractivity contribution is -0.142. The Morgan fingerprint density at radius 2 is 2.10 bits per heavy atom. The third-order valence-corrected chi connectivity index (χ3v) is 2.88. The molecule has 1 heterocycles. The summed E-state index contributed by atoms with van der Waals surface area (Å²) < 4.78 is 0. The predicted molar refractivity (Wildman–Crippen MR) is 77.3 cm³/mol. The zero-order chi connectivity index (χ0) is 15.8. The zero-order valence-corrected chi connectivity index (χ0v) is 12.2. The minimum atomic E-state index is -0.912. The number of carbonyl (C=O) groups is 2. The number of amides is 2. The van der Waals surface area contributed by atoms with Crippen LogP contribution in [0.3, 0.4) is 0 Å². The maximum atomic E-state index is 11.6. The SMILES string of the molecule is CC(C)CC(CNC(=O)NCc1cncnc1N)C(=O)O. The van der Waals surface area contributed by atoms with Gasteiger partial charge in [0.2, 0.25) is 0 Å². The lowest BCUT2D eigenvalue weighted by Crippen LogP contribution is -2.40. The minimum absolute atomic E-state index is 0.0835. The molecule has 5 N–H and O–H groups in total. The first-order valence-corrected chi connectivity index (χ1v) is 6.69. The van der Waals surface area contributed by atoms with Gasteiger partial charge in [0.25, 0.3) is 0 Å². The Labute approximate surface area is 123 Å². The third kappa shape index (κ3) is 6.07. The first-order valence-electron chi connectivity index (χ1n) is 6.69. The van der Waals surface area contributed by atoms with Gasteiger partial charge in [-0.05, 0) is 12.3 Å². The average molecular weight is 295 g/mol. The second-order valence-electron chi connectivity index (χ2n) is 5.16. The number of carboxylic acids is 1. The standard InChI is InChI=1S/C13H21N5O3/c1-8(2)3-9(12(19)20)5-16-13(21)17-6-10-4-15-7-18-11(10)14/h4,7-9H,3,5-6H2,1-2H3,(H,19,20)(H2,14,15,18)(H2,16,17,21). The number of nitrogens with one attached hydrogen (secondary N) is 2. The largest absolute Gasteiger partial charge is 0.481 e. The second-order valence-corrected chi connectivity index (χ2v) is 5.16. The van der Waals surface area contributed by atoms with E-state index >= 15 is 0 Å². The lowest BCUT2D eigenvalue weighted by Gasteiger charge is -2.15. The van der Waals surface area contributed by atoms with Crippen molar-refractivity contribution in [2.24, 2.45) is 11.8 Å². The van der Waals surface area contributed by atoms with Crippen LogP contribution in [0.5, 0.6) is 0 Å². The molecule has 0 aliphatic carbocycles. The first kappa shape index (κ1) is 16.7. The highest BCUT2D eigenvalue weighted by Crippen LogP contribution is 2.11. The Balaban J connectivity index is 2.39. The molecule has 0 aromatic carbocycles. The number of hydrogen-bond acceptors (Lipinski definition) is 5. The number of anilines is 1. The monoisotopic (exact) mass is 295 g/mol. The Bertz CT molecular complexity index is 492. The molecule has 0 saturated carbocycles. The van der Waals surface area contributed by atoms with Crippen molar-refractivity contribution in [1.82, 2.24) is 20.6 Å². The lowest BCUT2D eigenvalue weighted by atomic mass is 9.97. The van der Waals surface area contributed by atoms with Gasteiger partial charge in [-0.1, -0.05) is 13.8 Å². The van der Waals surface area contributed by atoms with Gasteiger partial charge in [-0.15, -0.1) is 0 Å². The number of nitrogens with zero attached hydrogens (tertiary/aromatic N) is 2. The molecular weight excluding hydrogens is 274 g/mol. The number of carbonyl (C=O) groups excluding carboxylic acids is 1. The van der Waals surface area contributed by atoms with E-state index in [1.54, 1.807) is 0 Å². The van der Waals surface area contributed by atoms with Crippen LogP contribution in [-0.4, -0.2) is 33.6 Å². The van der Waals surface area contributed by atoms with E-state index in [2.05, 4.69) is 20.6 Å². The molecule has 0 fully saturated rings. The number of aromatic nitrogens is 2. The molecule has 0 saturated heterocycles. The van der Waals surface area contributed by atoms with Crippen LogP contribution in [-0.2, 0) is 11.3 Å². The van der Waals surface area contributed by atoms with Crippen LogP contribution in [0.1, 0.15) is 25.8 Å². The normalized spacial score (nSPS) is 12.0. The molecular formula is C13H21N5O3. The molecule has 116 valence electrons. The van der Waals surface area contributed by atoms with Crippen molar-refractivity contribution < 1.29 is 14.7 Å². The number of hydrogen-bond donors (Lipinski definition) is 4. The van der Waals surface area contributed by atoms with E-state index in [0.717, 1.165) is 0 Å². The van der Waals surface area contributed by atoms with Crippen molar-refractivity contribution in [3.05, 3.63) is 18.1 Å². The van der Waals surface area contributed by atoms with Crippen LogP contribution in [0, 0.1) is 11.8 Å². The summed E-state index contributed by atoms with van der Waals surface area (Å²) in [5, 5.41) is 14.2. The highest BCUT2D eigenvalue weighted by Gasteiger charge is 2.19. The third-order valence-electron chi connectivity index (χ3n) is 2.88. The Kier molecular flexibility index (Phi) is 6.38. The van der Waals surface area contributed by atoms with Crippen molar-refractivity contribution in [2.75, 3.05) is 12.3 Å². The van der Waals surface area contributed by atoms with Gasteiger partial charge in [0.1, 0.15) is 12.1 Å². The van der Waals surface area contributed by atoms with Gasteiger partial charge in [-0.3, -0.25) is 4.79 Å². The topological polar surface area (TPSA) is 130 Å². The Morgan fingerprint density at radius 3 is 2.67 bits per heavy atom. The molecule has 0 bridgehead atoms. The van der Waals surface area contributed by atoms with Crippen molar-refractivity contribution >= 4 is 17.8 Å². The highest BCUT2D eigenvalue weighted by molar-refractivity contribution is 5.75. The van der Waals surface area contributed by atoms with Crippen molar-refractivity contribution in [3.8, 4) is 0 Å². The molecule has 1 aromatic rings. The highest BCUT2D eigenvalue weighted by atomic mass is 16.4. The Hall–Kier alpha value is -2.38. The summed E-state index contributed by atoms with van der Waals surface area (Å²) >= 11 is 0.